The van der Waals surface area contributed by atoms with Crippen LogP contribution in [-0.4, -0.2) is 59.9 Å². The Morgan fingerprint density at radius 3 is 2.22 bits per heavy atom. The first-order valence-corrected chi connectivity index (χ1v) is 11.8. The number of amides is 4. The highest BCUT2D eigenvalue weighted by Gasteiger charge is 2.44. The molecular weight excluding hydrogens is 410 g/mol. The van der Waals surface area contributed by atoms with Gasteiger partial charge in [-0.1, -0.05) is 19.3 Å². The molecule has 1 saturated carbocycles. The second-order valence-electron chi connectivity index (χ2n) is 9.26. The number of carbonyl (C=O) groups is 4. The van der Waals surface area contributed by atoms with Crippen molar-refractivity contribution >= 4 is 29.3 Å². The van der Waals surface area contributed by atoms with Gasteiger partial charge in [0.25, 0.3) is 11.8 Å². The fourth-order valence-electron chi connectivity index (χ4n) is 5.38. The minimum absolute atomic E-state index is 0.118. The van der Waals surface area contributed by atoms with E-state index in [0.717, 1.165) is 36.5 Å². The summed E-state index contributed by atoms with van der Waals surface area (Å²) in [6.07, 6.45) is 9.06. The van der Waals surface area contributed by atoms with E-state index >= 15 is 0 Å². The summed E-state index contributed by atoms with van der Waals surface area (Å²) in [7, 11) is 0. The first-order chi connectivity index (χ1) is 15.5. The molecule has 5 rings (SSSR count). The Bertz CT molecular complexity index is 947. The van der Waals surface area contributed by atoms with Gasteiger partial charge in [0.05, 0.1) is 23.3 Å². The summed E-state index contributed by atoms with van der Waals surface area (Å²) >= 11 is 0. The smallest absolute Gasteiger partial charge is 0.262 e. The van der Waals surface area contributed by atoms with Crippen molar-refractivity contribution in [2.75, 3.05) is 18.0 Å². The van der Waals surface area contributed by atoms with Crippen molar-refractivity contribution in [1.82, 2.24) is 10.2 Å². The molecule has 3 heterocycles. The lowest BCUT2D eigenvalue weighted by Gasteiger charge is -2.36. The molecule has 1 aliphatic carbocycles. The standard InChI is InChI=1S/C24H29N3O5/c28-21-9-8-20(22(29)25-21)27-23(30)18-7-6-15(14-19(18)24(27)31)26-12-10-17(11-13-26)32-16-4-2-1-3-5-16/h6-7,14,16-17,20H,1-5,8-13H2,(H,25,28,29). The molecule has 1 aromatic rings. The van der Waals surface area contributed by atoms with Crippen LogP contribution in [0.2, 0.25) is 0 Å². The highest BCUT2D eigenvalue weighted by molar-refractivity contribution is 6.23. The largest absolute Gasteiger partial charge is 0.375 e. The Labute approximate surface area is 187 Å². The van der Waals surface area contributed by atoms with Crippen LogP contribution in [0.15, 0.2) is 18.2 Å². The number of benzene rings is 1. The van der Waals surface area contributed by atoms with Gasteiger partial charge in [0.1, 0.15) is 6.04 Å². The van der Waals surface area contributed by atoms with Crippen molar-refractivity contribution in [3.63, 3.8) is 0 Å². The quantitative estimate of drug-likeness (QED) is 0.724. The molecule has 8 nitrogen and oxygen atoms in total. The molecule has 4 aliphatic rings. The van der Waals surface area contributed by atoms with Gasteiger partial charge >= 0.3 is 0 Å². The number of fused-ring (bicyclic) bond motifs is 1. The molecule has 0 radical (unpaired) electrons. The monoisotopic (exact) mass is 439 g/mol. The van der Waals surface area contributed by atoms with E-state index < -0.39 is 23.8 Å². The van der Waals surface area contributed by atoms with Crippen molar-refractivity contribution in [3.8, 4) is 0 Å². The van der Waals surface area contributed by atoms with Crippen molar-refractivity contribution < 1.29 is 23.9 Å². The number of anilines is 1. The maximum absolute atomic E-state index is 13.0. The molecule has 1 N–H and O–H groups in total. The Balaban J connectivity index is 1.25. The zero-order valence-corrected chi connectivity index (χ0v) is 18.2. The SMILES string of the molecule is O=C1CCC(N2C(=O)c3ccc(N4CCC(OC5CCCCC5)CC4)cc3C2=O)C(=O)N1. The number of nitrogens with zero attached hydrogens (tertiary/aromatic N) is 2. The number of ether oxygens (including phenoxy) is 1. The molecule has 1 aromatic carbocycles. The molecule has 3 aliphatic heterocycles. The maximum atomic E-state index is 13.0. The number of carbonyl (C=O) groups excluding carboxylic acids is 4. The molecule has 8 heteroatoms. The van der Waals surface area contributed by atoms with Gasteiger partial charge in [-0.3, -0.25) is 29.4 Å². The fraction of sp³-hybridized carbons (Fsp3) is 0.583. The van der Waals surface area contributed by atoms with Gasteiger partial charge in [0.2, 0.25) is 11.8 Å². The van der Waals surface area contributed by atoms with Crippen molar-refractivity contribution in [2.24, 2.45) is 0 Å². The van der Waals surface area contributed by atoms with Crippen LogP contribution in [-0.2, 0) is 14.3 Å². The van der Waals surface area contributed by atoms with Gasteiger partial charge in [-0.25, -0.2) is 0 Å². The minimum Gasteiger partial charge on any atom is -0.375 e. The van der Waals surface area contributed by atoms with Crippen LogP contribution in [0.4, 0.5) is 5.69 Å². The zero-order valence-electron chi connectivity index (χ0n) is 18.2. The Morgan fingerprint density at radius 2 is 1.50 bits per heavy atom. The topological polar surface area (TPSA) is 96.0 Å². The van der Waals surface area contributed by atoms with Crippen LogP contribution in [0.1, 0.15) is 78.5 Å². The van der Waals surface area contributed by atoms with Crippen molar-refractivity contribution in [1.29, 1.82) is 0 Å². The molecular formula is C24H29N3O5. The number of nitrogens with one attached hydrogen (secondary N) is 1. The van der Waals surface area contributed by atoms with Gasteiger partial charge in [-0.2, -0.15) is 0 Å². The Morgan fingerprint density at radius 1 is 0.812 bits per heavy atom. The van der Waals surface area contributed by atoms with Crippen molar-refractivity contribution in [3.05, 3.63) is 29.3 Å². The molecule has 2 saturated heterocycles. The van der Waals surface area contributed by atoms with Crippen LogP contribution in [0.3, 0.4) is 0 Å². The van der Waals surface area contributed by atoms with E-state index in [0.29, 0.717) is 17.2 Å². The van der Waals surface area contributed by atoms with E-state index in [9.17, 15) is 19.2 Å². The van der Waals surface area contributed by atoms with E-state index in [2.05, 4.69) is 10.2 Å². The number of imide groups is 2. The lowest BCUT2D eigenvalue weighted by Crippen LogP contribution is -2.54. The fourth-order valence-corrected chi connectivity index (χ4v) is 5.38. The zero-order chi connectivity index (χ0) is 22.2. The molecule has 0 aromatic heterocycles. The minimum atomic E-state index is -0.934. The summed E-state index contributed by atoms with van der Waals surface area (Å²) in [4.78, 5) is 52.8. The summed E-state index contributed by atoms with van der Waals surface area (Å²) in [6.45, 7) is 1.68. The lowest BCUT2D eigenvalue weighted by molar-refractivity contribution is -0.136. The predicted molar refractivity (Wildman–Crippen MR) is 116 cm³/mol. The second-order valence-corrected chi connectivity index (χ2v) is 9.26. The molecule has 0 bridgehead atoms. The Hall–Kier alpha value is -2.74. The predicted octanol–water partition coefficient (Wildman–Crippen LogP) is 2.41. The molecule has 0 spiro atoms. The number of rotatable bonds is 4. The molecule has 170 valence electrons. The molecule has 1 unspecified atom stereocenters. The summed E-state index contributed by atoms with van der Waals surface area (Å²) in [5, 5.41) is 2.23. The van der Waals surface area contributed by atoms with Crippen LogP contribution in [0.25, 0.3) is 0 Å². The second kappa shape index (κ2) is 8.65. The molecule has 1 atom stereocenters. The van der Waals surface area contributed by atoms with Crippen LogP contribution in [0, 0.1) is 0 Å². The molecule has 3 fully saturated rings. The lowest BCUT2D eigenvalue weighted by atomic mass is 9.97. The van der Waals surface area contributed by atoms with Gasteiger partial charge in [-0.05, 0) is 50.3 Å². The summed E-state index contributed by atoms with van der Waals surface area (Å²) in [6, 6.07) is 4.39. The number of hydrogen-bond donors (Lipinski definition) is 1. The van der Waals surface area contributed by atoms with E-state index in [4.69, 9.17) is 4.74 Å². The Kier molecular flexibility index (Phi) is 5.71. The first-order valence-electron chi connectivity index (χ1n) is 11.8. The van der Waals surface area contributed by atoms with Gasteiger partial charge < -0.3 is 9.64 Å². The van der Waals surface area contributed by atoms with Gasteiger partial charge in [-0.15, -0.1) is 0 Å². The first kappa shape index (κ1) is 21.1. The highest BCUT2D eigenvalue weighted by Crippen LogP contribution is 2.32. The maximum Gasteiger partial charge on any atom is 0.262 e. The summed E-state index contributed by atoms with van der Waals surface area (Å²) < 4.78 is 6.33. The highest BCUT2D eigenvalue weighted by atomic mass is 16.5. The molecule has 4 amide bonds. The van der Waals surface area contributed by atoms with Crippen LogP contribution < -0.4 is 10.2 Å². The van der Waals surface area contributed by atoms with E-state index in [-0.39, 0.29) is 24.9 Å². The van der Waals surface area contributed by atoms with Gasteiger partial charge in [0.15, 0.2) is 0 Å². The molecule has 32 heavy (non-hydrogen) atoms. The average Bonchev–Trinajstić information content (AvgIpc) is 3.05. The third kappa shape index (κ3) is 3.92. The van der Waals surface area contributed by atoms with Crippen LogP contribution >= 0.6 is 0 Å². The van der Waals surface area contributed by atoms with Crippen molar-refractivity contribution in [2.45, 2.75) is 76.0 Å². The summed E-state index contributed by atoms with van der Waals surface area (Å²) in [5.41, 5.74) is 1.56. The number of hydrogen-bond acceptors (Lipinski definition) is 6. The third-order valence-electron chi connectivity index (χ3n) is 7.17. The average molecular weight is 440 g/mol. The third-order valence-corrected chi connectivity index (χ3v) is 7.17. The normalized spacial score (nSPS) is 25.3. The number of piperidine rings is 2. The van der Waals surface area contributed by atoms with E-state index in [1.54, 1.807) is 12.1 Å². The van der Waals surface area contributed by atoms with Gasteiger partial charge in [0, 0.05) is 25.2 Å². The van der Waals surface area contributed by atoms with E-state index in [1.807, 2.05) is 6.07 Å². The van der Waals surface area contributed by atoms with E-state index in [1.165, 1.54) is 32.1 Å². The van der Waals surface area contributed by atoms with Crippen LogP contribution in [0.5, 0.6) is 0 Å². The summed E-state index contributed by atoms with van der Waals surface area (Å²) in [5.74, 6) is -1.89.